The topological polar surface area (TPSA) is 39.9 Å². The van der Waals surface area contributed by atoms with Crippen LogP contribution in [0.25, 0.3) is 11.4 Å². The first kappa shape index (κ1) is 18.3. The molecule has 136 valence electrons. The Morgan fingerprint density at radius 1 is 1.08 bits per heavy atom. The molecular formula is C18H16F3N3OS. The van der Waals surface area contributed by atoms with Gasteiger partial charge in [-0.25, -0.2) is 0 Å². The number of aromatic nitrogens is 3. The Morgan fingerprint density at radius 3 is 2.58 bits per heavy atom. The minimum absolute atomic E-state index is 0.369. The second kappa shape index (κ2) is 7.41. The number of nitrogens with zero attached hydrogens (tertiary/aromatic N) is 3. The van der Waals surface area contributed by atoms with Crippen LogP contribution in [0.2, 0.25) is 0 Å². The van der Waals surface area contributed by atoms with Gasteiger partial charge < -0.3 is 9.30 Å². The summed E-state index contributed by atoms with van der Waals surface area (Å²) < 4.78 is 45.4. The van der Waals surface area contributed by atoms with E-state index in [0.29, 0.717) is 28.0 Å². The lowest BCUT2D eigenvalue weighted by molar-refractivity contribution is -0.137. The number of alkyl halides is 3. The molecule has 8 heteroatoms. The Bertz CT molecular complexity index is 909. The monoisotopic (exact) mass is 379 g/mol. The fraction of sp³-hybridized carbons (Fsp3) is 0.222. The van der Waals surface area contributed by atoms with Gasteiger partial charge in [0.1, 0.15) is 5.75 Å². The molecule has 4 nitrogen and oxygen atoms in total. The van der Waals surface area contributed by atoms with E-state index in [0.717, 1.165) is 17.7 Å². The van der Waals surface area contributed by atoms with Gasteiger partial charge in [0.15, 0.2) is 11.0 Å². The number of methoxy groups -OCH3 is 1. The summed E-state index contributed by atoms with van der Waals surface area (Å²) in [5, 5.41) is 8.96. The van der Waals surface area contributed by atoms with Crippen LogP contribution in [-0.4, -0.2) is 21.9 Å². The number of hydrogen-bond donors (Lipinski definition) is 0. The van der Waals surface area contributed by atoms with Gasteiger partial charge in [-0.1, -0.05) is 42.1 Å². The molecule has 0 bridgehead atoms. The maximum atomic E-state index is 12.8. The molecule has 0 aliphatic heterocycles. The minimum Gasteiger partial charge on any atom is -0.497 e. The van der Waals surface area contributed by atoms with E-state index in [-0.39, 0.29) is 0 Å². The van der Waals surface area contributed by atoms with Crippen LogP contribution in [0, 0.1) is 0 Å². The van der Waals surface area contributed by atoms with Crippen molar-refractivity contribution < 1.29 is 17.9 Å². The fourth-order valence-electron chi connectivity index (χ4n) is 2.44. The molecule has 0 unspecified atom stereocenters. The van der Waals surface area contributed by atoms with E-state index in [1.165, 1.54) is 17.8 Å². The van der Waals surface area contributed by atoms with Crippen molar-refractivity contribution in [2.45, 2.75) is 17.1 Å². The Hall–Kier alpha value is -2.48. The average Bonchev–Trinajstić information content (AvgIpc) is 3.00. The Balaban J connectivity index is 1.77. The molecule has 1 heterocycles. The molecule has 1 aromatic heterocycles. The SMILES string of the molecule is COc1cccc(-c2nnc(SCc3cccc(C(F)(F)F)c3)n2C)c1. The number of halogens is 3. The predicted octanol–water partition coefficient (Wildman–Crippen LogP) is 4.80. The molecule has 0 fully saturated rings. The van der Waals surface area contributed by atoms with Crippen LogP contribution in [0.1, 0.15) is 11.1 Å². The smallest absolute Gasteiger partial charge is 0.416 e. The van der Waals surface area contributed by atoms with E-state index >= 15 is 0 Å². The van der Waals surface area contributed by atoms with Crippen molar-refractivity contribution in [3.05, 3.63) is 59.7 Å². The number of ether oxygens (including phenoxy) is 1. The van der Waals surface area contributed by atoms with Crippen molar-refractivity contribution in [2.24, 2.45) is 7.05 Å². The van der Waals surface area contributed by atoms with Crippen molar-refractivity contribution in [1.82, 2.24) is 14.8 Å². The molecule has 26 heavy (non-hydrogen) atoms. The van der Waals surface area contributed by atoms with Crippen LogP contribution in [0.3, 0.4) is 0 Å². The number of thioether (sulfide) groups is 1. The van der Waals surface area contributed by atoms with E-state index in [1.54, 1.807) is 13.2 Å². The van der Waals surface area contributed by atoms with E-state index in [1.807, 2.05) is 35.9 Å². The lowest BCUT2D eigenvalue weighted by Gasteiger charge is -2.08. The van der Waals surface area contributed by atoms with Gasteiger partial charge in [0, 0.05) is 18.4 Å². The van der Waals surface area contributed by atoms with E-state index in [2.05, 4.69) is 10.2 Å². The predicted molar refractivity (Wildman–Crippen MR) is 94.0 cm³/mol. The molecule has 0 saturated carbocycles. The largest absolute Gasteiger partial charge is 0.497 e. The summed E-state index contributed by atoms with van der Waals surface area (Å²) in [6.45, 7) is 0. The Labute approximate surface area is 153 Å². The van der Waals surface area contributed by atoms with Gasteiger partial charge in [0.05, 0.1) is 12.7 Å². The quantitative estimate of drug-likeness (QED) is 0.597. The lowest BCUT2D eigenvalue weighted by Crippen LogP contribution is -2.05. The standard InChI is InChI=1S/C18H16F3N3OS/c1-24-16(13-6-4-8-15(10-13)25-2)22-23-17(24)26-11-12-5-3-7-14(9-12)18(19,20)21/h3-10H,11H2,1-2H3. The van der Waals surface area contributed by atoms with Crippen LogP contribution in [0.5, 0.6) is 5.75 Å². The van der Waals surface area contributed by atoms with Gasteiger partial charge in [-0.3, -0.25) is 0 Å². The highest BCUT2D eigenvalue weighted by Crippen LogP contribution is 2.31. The van der Waals surface area contributed by atoms with Gasteiger partial charge in [0.25, 0.3) is 0 Å². The molecule has 0 saturated heterocycles. The van der Waals surface area contributed by atoms with Crippen molar-refractivity contribution >= 4 is 11.8 Å². The van der Waals surface area contributed by atoms with Gasteiger partial charge in [-0.05, 0) is 23.8 Å². The van der Waals surface area contributed by atoms with Crippen LogP contribution >= 0.6 is 11.8 Å². The zero-order chi connectivity index (χ0) is 18.7. The van der Waals surface area contributed by atoms with Crippen LogP contribution in [0.15, 0.2) is 53.7 Å². The molecule has 3 aromatic rings. The van der Waals surface area contributed by atoms with Crippen molar-refractivity contribution in [3.63, 3.8) is 0 Å². The summed E-state index contributed by atoms with van der Waals surface area (Å²) in [6, 6.07) is 12.8. The first-order valence-corrected chi connectivity index (χ1v) is 8.70. The molecule has 0 atom stereocenters. The van der Waals surface area contributed by atoms with Gasteiger partial charge in [-0.15, -0.1) is 10.2 Å². The summed E-state index contributed by atoms with van der Waals surface area (Å²) in [7, 11) is 3.41. The Kier molecular flexibility index (Phi) is 5.22. The average molecular weight is 379 g/mol. The second-order valence-corrected chi connectivity index (χ2v) is 6.53. The third kappa shape index (κ3) is 4.01. The van der Waals surface area contributed by atoms with E-state index in [4.69, 9.17) is 4.74 Å². The third-order valence-corrected chi connectivity index (χ3v) is 4.88. The first-order valence-electron chi connectivity index (χ1n) is 7.71. The molecule has 0 N–H and O–H groups in total. The van der Waals surface area contributed by atoms with E-state index < -0.39 is 11.7 Å². The molecule has 3 rings (SSSR count). The number of hydrogen-bond acceptors (Lipinski definition) is 4. The summed E-state index contributed by atoms with van der Waals surface area (Å²) >= 11 is 1.34. The highest BCUT2D eigenvalue weighted by Gasteiger charge is 2.30. The lowest BCUT2D eigenvalue weighted by atomic mass is 10.1. The number of rotatable bonds is 5. The zero-order valence-corrected chi connectivity index (χ0v) is 14.9. The number of benzene rings is 2. The van der Waals surface area contributed by atoms with Crippen LogP contribution in [0.4, 0.5) is 13.2 Å². The van der Waals surface area contributed by atoms with Crippen LogP contribution in [-0.2, 0) is 19.0 Å². The summed E-state index contributed by atoms with van der Waals surface area (Å²) in [4.78, 5) is 0. The summed E-state index contributed by atoms with van der Waals surface area (Å²) in [6.07, 6.45) is -4.34. The normalized spacial score (nSPS) is 11.6. The van der Waals surface area contributed by atoms with Gasteiger partial charge >= 0.3 is 6.18 Å². The third-order valence-electron chi connectivity index (χ3n) is 3.79. The van der Waals surface area contributed by atoms with Gasteiger partial charge in [-0.2, -0.15) is 13.2 Å². The Morgan fingerprint density at radius 2 is 1.85 bits per heavy atom. The van der Waals surface area contributed by atoms with Crippen molar-refractivity contribution in [3.8, 4) is 17.1 Å². The summed E-state index contributed by atoms with van der Waals surface area (Å²) in [5.74, 6) is 1.74. The van der Waals surface area contributed by atoms with Gasteiger partial charge in [0.2, 0.25) is 0 Å². The maximum absolute atomic E-state index is 12.8. The highest BCUT2D eigenvalue weighted by atomic mass is 32.2. The van der Waals surface area contributed by atoms with E-state index in [9.17, 15) is 13.2 Å². The van der Waals surface area contributed by atoms with Crippen LogP contribution < -0.4 is 4.74 Å². The van der Waals surface area contributed by atoms with Crippen molar-refractivity contribution in [1.29, 1.82) is 0 Å². The molecule has 0 spiro atoms. The minimum atomic E-state index is -4.34. The molecular weight excluding hydrogens is 363 g/mol. The first-order chi connectivity index (χ1) is 12.4. The maximum Gasteiger partial charge on any atom is 0.416 e. The molecule has 0 aliphatic rings. The summed E-state index contributed by atoms with van der Waals surface area (Å²) in [5.41, 5.74) is 0.784. The fourth-order valence-corrected chi connectivity index (χ4v) is 3.29. The zero-order valence-electron chi connectivity index (χ0n) is 14.1. The molecule has 0 radical (unpaired) electrons. The molecule has 2 aromatic carbocycles. The van der Waals surface area contributed by atoms with Crippen molar-refractivity contribution in [2.75, 3.05) is 7.11 Å². The molecule has 0 amide bonds. The second-order valence-electron chi connectivity index (χ2n) is 5.58. The molecule has 0 aliphatic carbocycles. The highest BCUT2D eigenvalue weighted by molar-refractivity contribution is 7.98.